The van der Waals surface area contributed by atoms with Crippen molar-refractivity contribution in [3.63, 3.8) is 0 Å². The number of nitrogens with zero attached hydrogens (tertiary/aromatic N) is 1. The molecule has 94 valence electrons. The van der Waals surface area contributed by atoms with Crippen LogP contribution in [-0.2, 0) is 9.53 Å². The van der Waals surface area contributed by atoms with Crippen LogP contribution in [0, 0.1) is 5.92 Å². The first kappa shape index (κ1) is 14.0. The smallest absolute Gasteiger partial charge is 0.320 e. The predicted octanol–water partition coefficient (Wildman–Crippen LogP) is 2.44. The molecule has 0 saturated heterocycles. The minimum Gasteiger partial charge on any atom is -0.468 e. The van der Waals surface area contributed by atoms with E-state index in [9.17, 15) is 4.79 Å². The number of esters is 1. The van der Waals surface area contributed by atoms with Crippen LogP contribution in [0.25, 0.3) is 0 Å². The first-order valence-corrected chi connectivity index (χ1v) is 6.95. The fourth-order valence-electron chi connectivity index (χ4n) is 2.36. The Balaban J connectivity index is 2.23. The molecular weight excluding hydrogens is 270 g/mol. The molecule has 4 heteroatoms. The molecule has 1 fully saturated rings. The first-order chi connectivity index (χ1) is 7.63. The average molecular weight is 292 g/mol. The van der Waals surface area contributed by atoms with Crippen molar-refractivity contribution >= 4 is 21.9 Å². The fourth-order valence-corrected chi connectivity index (χ4v) is 3.04. The van der Waals surface area contributed by atoms with Crippen LogP contribution in [0.3, 0.4) is 0 Å². The number of hydrogen-bond donors (Lipinski definition) is 0. The van der Waals surface area contributed by atoms with Crippen LogP contribution >= 0.6 is 15.9 Å². The van der Waals surface area contributed by atoms with Crippen molar-refractivity contribution < 1.29 is 9.53 Å². The summed E-state index contributed by atoms with van der Waals surface area (Å²) in [5, 5.41) is 0. The number of ether oxygens (including phenoxy) is 1. The summed E-state index contributed by atoms with van der Waals surface area (Å²) in [6.07, 6.45) is 6.81. The van der Waals surface area contributed by atoms with Gasteiger partial charge in [-0.2, -0.15) is 0 Å². The summed E-state index contributed by atoms with van der Waals surface area (Å²) >= 11 is 3.35. The molecular formula is C12H22BrNO2. The van der Waals surface area contributed by atoms with Crippen molar-refractivity contribution in [2.45, 2.75) is 36.9 Å². The van der Waals surface area contributed by atoms with Crippen LogP contribution in [0.5, 0.6) is 0 Å². The average Bonchev–Trinajstić information content (AvgIpc) is 2.29. The molecule has 0 amide bonds. The van der Waals surface area contributed by atoms with Gasteiger partial charge < -0.3 is 9.64 Å². The quantitative estimate of drug-likeness (QED) is 0.576. The van der Waals surface area contributed by atoms with Gasteiger partial charge in [0.1, 0.15) is 4.83 Å². The van der Waals surface area contributed by atoms with Crippen molar-refractivity contribution in [1.29, 1.82) is 0 Å². The van der Waals surface area contributed by atoms with Gasteiger partial charge in [-0.1, -0.05) is 35.2 Å². The van der Waals surface area contributed by atoms with E-state index in [2.05, 4.69) is 27.9 Å². The van der Waals surface area contributed by atoms with Crippen LogP contribution < -0.4 is 0 Å². The molecule has 0 radical (unpaired) electrons. The maximum Gasteiger partial charge on any atom is 0.320 e. The molecule has 0 spiro atoms. The Morgan fingerprint density at radius 1 is 1.44 bits per heavy atom. The molecule has 1 rings (SSSR count). The van der Waals surface area contributed by atoms with E-state index in [0.29, 0.717) is 0 Å². The lowest BCUT2D eigenvalue weighted by atomic mass is 9.89. The lowest BCUT2D eigenvalue weighted by Gasteiger charge is -2.27. The van der Waals surface area contributed by atoms with E-state index in [1.165, 1.54) is 39.2 Å². The summed E-state index contributed by atoms with van der Waals surface area (Å²) in [5.74, 6) is 0.631. The Hall–Kier alpha value is -0.0900. The molecule has 0 aromatic carbocycles. The lowest BCUT2D eigenvalue weighted by molar-refractivity contribution is -0.140. The van der Waals surface area contributed by atoms with Gasteiger partial charge in [0, 0.05) is 13.1 Å². The number of hydrogen-bond acceptors (Lipinski definition) is 3. The molecule has 0 aliphatic heterocycles. The second-order valence-corrected chi connectivity index (χ2v) is 5.82. The van der Waals surface area contributed by atoms with Gasteiger partial charge in [0.15, 0.2) is 0 Å². The van der Waals surface area contributed by atoms with Crippen molar-refractivity contribution in [2.75, 3.05) is 27.2 Å². The molecule has 16 heavy (non-hydrogen) atoms. The second-order valence-electron chi connectivity index (χ2n) is 4.72. The topological polar surface area (TPSA) is 29.5 Å². The molecule has 3 nitrogen and oxygen atoms in total. The van der Waals surface area contributed by atoms with Gasteiger partial charge >= 0.3 is 5.97 Å². The third-order valence-electron chi connectivity index (χ3n) is 3.22. The van der Waals surface area contributed by atoms with E-state index in [0.717, 1.165) is 19.0 Å². The standard InChI is InChI=1S/C12H22BrNO2/c1-14(9-11(13)12(15)16-2)8-10-6-4-3-5-7-10/h10-11H,3-9H2,1-2H3. The van der Waals surface area contributed by atoms with E-state index >= 15 is 0 Å². The molecule has 0 aromatic heterocycles. The lowest BCUT2D eigenvalue weighted by Crippen LogP contribution is -2.35. The van der Waals surface area contributed by atoms with Gasteiger partial charge in [-0.05, 0) is 25.8 Å². The van der Waals surface area contributed by atoms with Crippen LogP contribution in [0.4, 0.5) is 0 Å². The number of methoxy groups -OCH3 is 1. The van der Waals surface area contributed by atoms with E-state index in [4.69, 9.17) is 4.74 Å². The monoisotopic (exact) mass is 291 g/mol. The molecule has 0 N–H and O–H groups in total. The molecule has 1 aliphatic rings. The normalized spacial score (nSPS) is 19.8. The van der Waals surface area contributed by atoms with Crippen LogP contribution in [-0.4, -0.2) is 42.9 Å². The van der Waals surface area contributed by atoms with Crippen LogP contribution in [0.15, 0.2) is 0 Å². The SMILES string of the molecule is COC(=O)C(Br)CN(C)CC1CCCCC1. The van der Waals surface area contributed by atoms with Gasteiger partial charge in [0.25, 0.3) is 0 Å². The zero-order valence-electron chi connectivity index (χ0n) is 10.2. The zero-order valence-corrected chi connectivity index (χ0v) is 11.8. The van der Waals surface area contributed by atoms with E-state index in [1.807, 2.05) is 0 Å². The van der Waals surface area contributed by atoms with Gasteiger partial charge in [0.2, 0.25) is 0 Å². The number of alkyl halides is 1. The number of carbonyl (C=O) groups is 1. The Kier molecular flexibility index (Phi) is 6.36. The Labute approximate surface area is 107 Å². The molecule has 0 aromatic rings. The maximum absolute atomic E-state index is 11.2. The molecule has 1 unspecified atom stereocenters. The molecule has 1 atom stereocenters. The van der Waals surface area contributed by atoms with Crippen molar-refractivity contribution in [3.8, 4) is 0 Å². The second kappa shape index (κ2) is 7.28. The maximum atomic E-state index is 11.2. The molecule has 0 bridgehead atoms. The first-order valence-electron chi connectivity index (χ1n) is 6.04. The van der Waals surface area contributed by atoms with Crippen molar-refractivity contribution in [1.82, 2.24) is 4.90 Å². The summed E-state index contributed by atoms with van der Waals surface area (Å²) < 4.78 is 4.69. The molecule has 1 saturated carbocycles. The highest BCUT2D eigenvalue weighted by Crippen LogP contribution is 2.24. The minimum atomic E-state index is -0.203. The summed E-state index contributed by atoms with van der Waals surface area (Å²) in [4.78, 5) is 13.3. The van der Waals surface area contributed by atoms with Gasteiger partial charge in [-0.25, -0.2) is 0 Å². The molecule has 0 heterocycles. The Bertz CT molecular complexity index is 217. The highest BCUT2D eigenvalue weighted by atomic mass is 79.9. The number of halogens is 1. The fraction of sp³-hybridized carbons (Fsp3) is 0.917. The van der Waals surface area contributed by atoms with Crippen molar-refractivity contribution in [3.05, 3.63) is 0 Å². The number of rotatable bonds is 5. The third kappa shape index (κ3) is 4.83. The predicted molar refractivity (Wildman–Crippen MR) is 68.8 cm³/mol. The van der Waals surface area contributed by atoms with Gasteiger partial charge in [-0.3, -0.25) is 4.79 Å². The largest absolute Gasteiger partial charge is 0.468 e. The molecule has 1 aliphatic carbocycles. The Morgan fingerprint density at radius 3 is 2.62 bits per heavy atom. The van der Waals surface area contributed by atoms with Crippen LogP contribution in [0.2, 0.25) is 0 Å². The van der Waals surface area contributed by atoms with Crippen molar-refractivity contribution in [2.24, 2.45) is 5.92 Å². The van der Waals surface area contributed by atoms with Crippen LogP contribution in [0.1, 0.15) is 32.1 Å². The summed E-state index contributed by atoms with van der Waals surface area (Å²) in [6, 6.07) is 0. The third-order valence-corrected chi connectivity index (χ3v) is 3.89. The number of carbonyl (C=O) groups excluding carboxylic acids is 1. The van der Waals surface area contributed by atoms with Gasteiger partial charge in [0.05, 0.1) is 7.11 Å². The van der Waals surface area contributed by atoms with E-state index < -0.39 is 0 Å². The zero-order chi connectivity index (χ0) is 12.0. The van der Waals surface area contributed by atoms with Gasteiger partial charge in [-0.15, -0.1) is 0 Å². The Morgan fingerprint density at radius 2 is 2.06 bits per heavy atom. The summed E-state index contributed by atoms with van der Waals surface area (Å²) in [7, 11) is 3.50. The highest BCUT2D eigenvalue weighted by molar-refractivity contribution is 9.10. The minimum absolute atomic E-state index is 0.185. The van der Waals surface area contributed by atoms with E-state index in [-0.39, 0.29) is 10.8 Å². The summed E-state index contributed by atoms with van der Waals surface area (Å²) in [6.45, 7) is 1.82. The van der Waals surface area contributed by atoms with E-state index in [1.54, 1.807) is 0 Å². The summed E-state index contributed by atoms with van der Waals surface area (Å²) in [5.41, 5.74) is 0. The highest BCUT2D eigenvalue weighted by Gasteiger charge is 2.20.